The molecular weight excluding hydrogens is 218 g/mol. The monoisotopic (exact) mass is 235 g/mol. The third kappa shape index (κ3) is 3.57. The maximum absolute atomic E-state index is 11.6. The molecule has 1 aromatic carbocycles. The normalized spacial score (nSPS) is 11.7. The predicted molar refractivity (Wildman–Crippen MR) is 66.7 cm³/mol. The van der Waals surface area contributed by atoms with Gasteiger partial charge in [0, 0.05) is 30.8 Å². The number of benzene rings is 1. The van der Waals surface area contributed by atoms with E-state index >= 15 is 0 Å². The summed E-state index contributed by atoms with van der Waals surface area (Å²) in [5.74, 6) is -0.590. The minimum atomic E-state index is -0.251. The van der Waals surface area contributed by atoms with Crippen molar-refractivity contribution in [2.75, 3.05) is 18.9 Å². The average molecular weight is 235 g/mol. The number of nitrogens with one attached hydrogen (secondary N) is 2. The molecule has 0 radical (unpaired) electrons. The largest absolute Gasteiger partial charge is 0.355 e. The third-order valence-electron chi connectivity index (χ3n) is 2.42. The van der Waals surface area contributed by atoms with Crippen molar-refractivity contribution in [1.82, 2.24) is 5.32 Å². The molecule has 0 aliphatic rings. The van der Waals surface area contributed by atoms with Crippen LogP contribution in [0.15, 0.2) is 24.3 Å². The molecule has 1 aromatic rings. The summed E-state index contributed by atoms with van der Waals surface area (Å²) in [7, 11) is 1.56. The standard InChI is InChI=1S/C12H17N3O2/c1-8(7-13)11(16)15-10-5-3-4-9(6-10)12(17)14-2/h3-6,8H,7,13H2,1-2H3,(H,14,17)(H,15,16). The van der Waals surface area contributed by atoms with E-state index < -0.39 is 0 Å². The van der Waals surface area contributed by atoms with Crippen molar-refractivity contribution in [1.29, 1.82) is 0 Å². The molecule has 0 fully saturated rings. The van der Waals surface area contributed by atoms with Crippen LogP contribution in [0.5, 0.6) is 0 Å². The number of hydrogen-bond donors (Lipinski definition) is 3. The highest BCUT2D eigenvalue weighted by Gasteiger charge is 2.11. The SMILES string of the molecule is CNC(=O)c1cccc(NC(=O)C(C)CN)c1. The minimum absolute atomic E-state index is 0.151. The van der Waals surface area contributed by atoms with Gasteiger partial charge in [-0.2, -0.15) is 0 Å². The maximum Gasteiger partial charge on any atom is 0.251 e. The van der Waals surface area contributed by atoms with E-state index in [-0.39, 0.29) is 17.7 Å². The van der Waals surface area contributed by atoms with E-state index in [4.69, 9.17) is 5.73 Å². The second kappa shape index (κ2) is 6.00. The van der Waals surface area contributed by atoms with Gasteiger partial charge >= 0.3 is 0 Å². The smallest absolute Gasteiger partial charge is 0.251 e. The van der Waals surface area contributed by atoms with E-state index in [2.05, 4.69) is 10.6 Å². The van der Waals surface area contributed by atoms with Gasteiger partial charge in [0.25, 0.3) is 5.91 Å². The zero-order chi connectivity index (χ0) is 12.8. The summed E-state index contributed by atoms with van der Waals surface area (Å²) in [6.45, 7) is 2.04. The lowest BCUT2D eigenvalue weighted by atomic mass is 10.1. The summed E-state index contributed by atoms with van der Waals surface area (Å²) in [5, 5.41) is 5.24. The van der Waals surface area contributed by atoms with Crippen LogP contribution < -0.4 is 16.4 Å². The van der Waals surface area contributed by atoms with Gasteiger partial charge in [0.05, 0.1) is 0 Å². The van der Waals surface area contributed by atoms with Crippen LogP contribution in [-0.4, -0.2) is 25.4 Å². The summed E-state index contributed by atoms with van der Waals surface area (Å²) in [6.07, 6.45) is 0. The molecule has 1 atom stereocenters. The van der Waals surface area contributed by atoms with Crippen molar-refractivity contribution in [2.45, 2.75) is 6.92 Å². The summed E-state index contributed by atoms with van der Waals surface area (Å²) in [4.78, 5) is 23.0. The highest BCUT2D eigenvalue weighted by molar-refractivity contribution is 5.97. The van der Waals surface area contributed by atoms with Crippen molar-refractivity contribution in [2.24, 2.45) is 11.7 Å². The summed E-state index contributed by atoms with van der Waals surface area (Å²) in [6, 6.07) is 6.75. The van der Waals surface area contributed by atoms with E-state index in [9.17, 15) is 9.59 Å². The van der Waals surface area contributed by atoms with Crippen LogP contribution in [0.3, 0.4) is 0 Å². The molecule has 0 spiro atoms. The number of rotatable bonds is 4. The third-order valence-corrected chi connectivity index (χ3v) is 2.42. The quantitative estimate of drug-likeness (QED) is 0.713. The van der Waals surface area contributed by atoms with Gasteiger partial charge in [-0.3, -0.25) is 9.59 Å². The Morgan fingerprint density at radius 2 is 2.12 bits per heavy atom. The van der Waals surface area contributed by atoms with E-state index in [0.717, 1.165) is 0 Å². The molecular formula is C12H17N3O2. The molecule has 2 amide bonds. The molecule has 92 valence electrons. The Hall–Kier alpha value is -1.88. The number of nitrogens with two attached hydrogens (primary N) is 1. The lowest BCUT2D eigenvalue weighted by molar-refractivity contribution is -0.119. The fourth-order valence-electron chi connectivity index (χ4n) is 1.26. The fourth-order valence-corrected chi connectivity index (χ4v) is 1.26. The Morgan fingerprint density at radius 3 is 2.71 bits per heavy atom. The maximum atomic E-state index is 11.6. The zero-order valence-electron chi connectivity index (χ0n) is 9.99. The molecule has 17 heavy (non-hydrogen) atoms. The second-order valence-corrected chi connectivity index (χ2v) is 3.79. The average Bonchev–Trinajstić information content (AvgIpc) is 2.37. The van der Waals surface area contributed by atoms with Crippen LogP contribution in [-0.2, 0) is 4.79 Å². The van der Waals surface area contributed by atoms with Gasteiger partial charge in [-0.05, 0) is 18.2 Å². The van der Waals surface area contributed by atoms with Gasteiger partial charge < -0.3 is 16.4 Å². The lowest BCUT2D eigenvalue weighted by Crippen LogP contribution is -2.26. The van der Waals surface area contributed by atoms with E-state index in [0.29, 0.717) is 17.8 Å². The molecule has 0 aliphatic carbocycles. The molecule has 0 heterocycles. The highest BCUT2D eigenvalue weighted by atomic mass is 16.2. The number of carbonyl (C=O) groups excluding carboxylic acids is 2. The molecule has 0 saturated carbocycles. The van der Waals surface area contributed by atoms with Crippen LogP contribution in [0, 0.1) is 5.92 Å². The molecule has 5 nitrogen and oxygen atoms in total. The summed E-state index contributed by atoms with van der Waals surface area (Å²) >= 11 is 0. The molecule has 5 heteroatoms. The molecule has 0 saturated heterocycles. The van der Waals surface area contributed by atoms with Gasteiger partial charge in [0.15, 0.2) is 0 Å². The van der Waals surface area contributed by atoms with E-state index in [1.165, 1.54) is 0 Å². The van der Waals surface area contributed by atoms with Crippen LogP contribution in [0.25, 0.3) is 0 Å². The van der Waals surface area contributed by atoms with Gasteiger partial charge in [-0.1, -0.05) is 13.0 Å². The summed E-state index contributed by atoms with van der Waals surface area (Å²) < 4.78 is 0. The number of carbonyl (C=O) groups is 2. The molecule has 0 bridgehead atoms. The zero-order valence-corrected chi connectivity index (χ0v) is 9.99. The molecule has 0 aliphatic heterocycles. The van der Waals surface area contributed by atoms with Crippen LogP contribution in [0.1, 0.15) is 17.3 Å². The second-order valence-electron chi connectivity index (χ2n) is 3.79. The molecule has 0 aromatic heterocycles. The van der Waals surface area contributed by atoms with Gasteiger partial charge in [0.2, 0.25) is 5.91 Å². The Kier molecular flexibility index (Phi) is 4.66. The highest BCUT2D eigenvalue weighted by Crippen LogP contribution is 2.11. The summed E-state index contributed by atoms with van der Waals surface area (Å²) in [5.41, 5.74) is 6.50. The van der Waals surface area contributed by atoms with Crippen molar-refractivity contribution in [3.05, 3.63) is 29.8 Å². The fraction of sp³-hybridized carbons (Fsp3) is 0.333. The van der Waals surface area contributed by atoms with E-state index in [1.807, 2.05) is 0 Å². The molecule has 1 rings (SSSR count). The van der Waals surface area contributed by atoms with E-state index in [1.54, 1.807) is 38.2 Å². The van der Waals surface area contributed by atoms with Crippen molar-refractivity contribution in [3.63, 3.8) is 0 Å². The van der Waals surface area contributed by atoms with Gasteiger partial charge in [0.1, 0.15) is 0 Å². The Morgan fingerprint density at radius 1 is 1.41 bits per heavy atom. The Balaban J connectivity index is 2.79. The number of anilines is 1. The lowest BCUT2D eigenvalue weighted by Gasteiger charge is -2.10. The van der Waals surface area contributed by atoms with Crippen molar-refractivity contribution >= 4 is 17.5 Å². The van der Waals surface area contributed by atoms with Crippen LogP contribution >= 0.6 is 0 Å². The van der Waals surface area contributed by atoms with Gasteiger partial charge in [-0.25, -0.2) is 0 Å². The molecule has 1 unspecified atom stereocenters. The topological polar surface area (TPSA) is 84.2 Å². The molecule has 4 N–H and O–H groups in total. The number of hydrogen-bond acceptors (Lipinski definition) is 3. The van der Waals surface area contributed by atoms with Crippen molar-refractivity contribution in [3.8, 4) is 0 Å². The Labute approximate surface area is 100 Å². The first-order valence-corrected chi connectivity index (χ1v) is 5.41. The van der Waals surface area contributed by atoms with Crippen LogP contribution in [0.4, 0.5) is 5.69 Å². The van der Waals surface area contributed by atoms with Crippen molar-refractivity contribution < 1.29 is 9.59 Å². The predicted octanol–water partition coefficient (Wildman–Crippen LogP) is 0.580. The van der Waals surface area contributed by atoms with Crippen LogP contribution in [0.2, 0.25) is 0 Å². The first-order chi connectivity index (χ1) is 8.08. The Bertz CT molecular complexity index is 418. The first-order valence-electron chi connectivity index (χ1n) is 5.41. The van der Waals surface area contributed by atoms with Gasteiger partial charge in [-0.15, -0.1) is 0 Å². The number of amides is 2. The first kappa shape index (κ1) is 13.2. The minimum Gasteiger partial charge on any atom is -0.355 e.